The van der Waals surface area contributed by atoms with Crippen molar-refractivity contribution >= 4 is 23.2 Å². The molecule has 5 nitrogen and oxygen atoms in total. The summed E-state index contributed by atoms with van der Waals surface area (Å²) in [6.45, 7) is 3.85. The molecule has 0 fully saturated rings. The summed E-state index contributed by atoms with van der Waals surface area (Å²) in [6.07, 6.45) is 0.713. The maximum atomic E-state index is 13.0. The highest BCUT2D eigenvalue weighted by Gasteiger charge is 2.17. The molecule has 4 rings (SSSR count). The van der Waals surface area contributed by atoms with Crippen LogP contribution in [0.5, 0.6) is 0 Å². The molecule has 0 saturated carbocycles. The van der Waals surface area contributed by atoms with E-state index in [-0.39, 0.29) is 11.6 Å². The Hall–Kier alpha value is -3.44. The Kier molecular flexibility index (Phi) is 5.63. The van der Waals surface area contributed by atoms with Gasteiger partial charge in [0.2, 0.25) is 0 Å². The number of pyridine rings is 1. The van der Waals surface area contributed by atoms with E-state index < -0.39 is 0 Å². The third kappa shape index (κ3) is 4.26. The van der Waals surface area contributed by atoms with Crippen LogP contribution in [0.2, 0.25) is 5.02 Å². The molecule has 150 valence electrons. The minimum atomic E-state index is -0.358. The number of rotatable bonds is 5. The van der Waals surface area contributed by atoms with Crippen molar-refractivity contribution in [3.05, 3.63) is 106 Å². The molecule has 0 aliphatic carbocycles. The molecule has 4 aromatic rings. The average Bonchev–Trinajstić information content (AvgIpc) is 3.08. The van der Waals surface area contributed by atoms with Gasteiger partial charge in [-0.05, 0) is 55.7 Å². The summed E-state index contributed by atoms with van der Waals surface area (Å²) in [7, 11) is 0. The molecule has 0 aliphatic heterocycles. The fourth-order valence-corrected chi connectivity index (χ4v) is 3.55. The van der Waals surface area contributed by atoms with Crippen LogP contribution in [0.1, 0.15) is 33.0 Å². The summed E-state index contributed by atoms with van der Waals surface area (Å²) in [5, 5.41) is 7.70. The van der Waals surface area contributed by atoms with Crippen molar-refractivity contribution in [2.24, 2.45) is 0 Å². The second kappa shape index (κ2) is 8.51. The first kappa shape index (κ1) is 19.9. The van der Waals surface area contributed by atoms with Gasteiger partial charge in [-0.25, -0.2) is 9.67 Å². The Balaban J connectivity index is 1.62. The first-order chi connectivity index (χ1) is 14.5. The third-order valence-electron chi connectivity index (χ3n) is 4.78. The molecule has 0 aliphatic rings. The van der Waals surface area contributed by atoms with Crippen molar-refractivity contribution in [2.75, 3.05) is 5.32 Å². The quantitative estimate of drug-likeness (QED) is 0.475. The van der Waals surface area contributed by atoms with Crippen LogP contribution in [0.4, 0.5) is 5.69 Å². The molecule has 1 N–H and O–H groups in total. The Morgan fingerprint density at radius 2 is 1.73 bits per heavy atom. The molecule has 0 saturated heterocycles. The highest BCUT2D eigenvalue weighted by Crippen LogP contribution is 2.22. The minimum absolute atomic E-state index is 0.163. The minimum Gasteiger partial charge on any atom is -0.320 e. The van der Waals surface area contributed by atoms with Crippen molar-refractivity contribution in [1.82, 2.24) is 14.8 Å². The summed E-state index contributed by atoms with van der Waals surface area (Å²) in [6, 6.07) is 23.2. The van der Waals surface area contributed by atoms with Gasteiger partial charge >= 0.3 is 0 Å². The van der Waals surface area contributed by atoms with Gasteiger partial charge in [0.15, 0.2) is 5.82 Å². The SMILES string of the molecule is Cc1cc(C)n(-c2ccc(Cl)c(C(=O)Nc3ccccc3Cc3ccccc3)n2)n1. The summed E-state index contributed by atoms with van der Waals surface area (Å²) < 4.78 is 1.70. The second-order valence-corrected chi connectivity index (χ2v) is 7.52. The van der Waals surface area contributed by atoms with Crippen molar-refractivity contribution in [3.8, 4) is 5.82 Å². The van der Waals surface area contributed by atoms with Crippen molar-refractivity contribution < 1.29 is 4.79 Å². The number of nitrogens with one attached hydrogen (secondary N) is 1. The molecule has 0 spiro atoms. The number of benzene rings is 2. The number of carbonyl (C=O) groups is 1. The first-order valence-electron chi connectivity index (χ1n) is 9.64. The number of nitrogens with zero attached hydrogens (tertiary/aromatic N) is 3. The van der Waals surface area contributed by atoms with Crippen LogP contribution < -0.4 is 5.32 Å². The smallest absolute Gasteiger partial charge is 0.275 e. The Morgan fingerprint density at radius 3 is 2.47 bits per heavy atom. The number of aromatic nitrogens is 3. The van der Waals surface area contributed by atoms with Crippen LogP contribution in [-0.2, 0) is 6.42 Å². The third-order valence-corrected chi connectivity index (χ3v) is 5.08. The molecule has 2 aromatic carbocycles. The van der Waals surface area contributed by atoms with E-state index in [1.165, 1.54) is 5.56 Å². The van der Waals surface area contributed by atoms with E-state index in [2.05, 4.69) is 27.5 Å². The number of aryl methyl sites for hydroxylation is 2. The lowest BCUT2D eigenvalue weighted by molar-refractivity contribution is 0.102. The fraction of sp³-hybridized carbons (Fsp3) is 0.125. The van der Waals surface area contributed by atoms with Crippen LogP contribution in [0.25, 0.3) is 5.82 Å². The molecule has 30 heavy (non-hydrogen) atoms. The van der Waals surface area contributed by atoms with Crippen molar-refractivity contribution in [3.63, 3.8) is 0 Å². The zero-order valence-corrected chi connectivity index (χ0v) is 17.5. The van der Waals surface area contributed by atoms with Crippen LogP contribution in [0.15, 0.2) is 72.8 Å². The largest absolute Gasteiger partial charge is 0.320 e. The standard InChI is InChI=1S/C24H21ClN4O/c1-16-14-17(2)29(28-16)22-13-12-20(25)23(27-22)24(30)26-21-11-7-6-10-19(21)15-18-8-4-3-5-9-18/h3-14H,15H2,1-2H3,(H,26,30). The molecule has 2 heterocycles. The van der Waals surface area contributed by atoms with Crippen molar-refractivity contribution in [1.29, 1.82) is 0 Å². The number of hydrogen-bond donors (Lipinski definition) is 1. The van der Waals surface area contributed by atoms with E-state index >= 15 is 0 Å². The maximum Gasteiger partial charge on any atom is 0.275 e. The molecular formula is C24H21ClN4O. The molecular weight excluding hydrogens is 396 g/mol. The molecule has 0 bridgehead atoms. The highest BCUT2D eigenvalue weighted by atomic mass is 35.5. The molecule has 0 radical (unpaired) electrons. The Labute approximate surface area is 180 Å². The molecule has 0 unspecified atom stereocenters. The molecule has 1 amide bonds. The summed E-state index contributed by atoms with van der Waals surface area (Å²) in [5.74, 6) is 0.191. The van der Waals surface area contributed by atoms with Crippen LogP contribution >= 0.6 is 11.6 Å². The zero-order valence-electron chi connectivity index (χ0n) is 16.8. The lowest BCUT2D eigenvalue weighted by Crippen LogP contribution is -2.17. The number of anilines is 1. The average molecular weight is 417 g/mol. The van der Waals surface area contributed by atoms with Crippen LogP contribution in [0.3, 0.4) is 0 Å². The van der Waals surface area contributed by atoms with Gasteiger partial charge in [-0.15, -0.1) is 0 Å². The lowest BCUT2D eigenvalue weighted by Gasteiger charge is -2.12. The number of halogens is 1. The van der Waals surface area contributed by atoms with Gasteiger partial charge in [0.1, 0.15) is 5.69 Å². The van der Waals surface area contributed by atoms with E-state index in [0.29, 0.717) is 17.3 Å². The monoisotopic (exact) mass is 416 g/mol. The molecule has 2 aromatic heterocycles. The van der Waals surface area contributed by atoms with Gasteiger partial charge in [-0.2, -0.15) is 5.10 Å². The van der Waals surface area contributed by atoms with Gasteiger partial charge in [-0.1, -0.05) is 60.1 Å². The van der Waals surface area contributed by atoms with Crippen LogP contribution in [0, 0.1) is 13.8 Å². The predicted molar refractivity (Wildman–Crippen MR) is 119 cm³/mol. The number of para-hydroxylation sites is 1. The van der Waals surface area contributed by atoms with Gasteiger partial charge in [0, 0.05) is 11.4 Å². The topological polar surface area (TPSA) is 59.8 Å². The van der Waals surface area contributed by atoms with E-state index in [4.69, 9.17) is 11.6 Å². The number of amides is 1. The van der Waals surface area contributed by atoms with E-state index in [1.807, 2.05) is 62.4 Å². The van der Waals surface area contributed by atoms with E-state index in [1.54, 1.807) is 16.8 Å². The lowest BCUT2D eigenvalue weighted by atomic mass is 10.0. The highest BCUT2D eigenvalue weighted by molar-refractivity contribution is 6.34. The summed E-state index contributed by atoms with van der Waals surface area (Å²) in [5.41, 5.74) is 4.90. The Morgan fingerprint density at radius 1 is 1.00 bits per heavy atom. The van der Waals surface area contributed by atoms with Gasteiger partial charge in [0.25, 0.3) is 5.91 Å². The first-order valence-corrected chi connectivity index (χ1v) is 10.0. The summed E-state index contributed by atoms with van der Waals surface area (Å²) >= 11 is 6.31. The Bertz CT molecular complexity index is 1200. The van der Waals surface area contributed by atoms with Gasteiger partial charge in [-0.3, -0.25) is 4.79 Å². The zero-order chi connectivity index (χ0) is 21.1. The maximum absolute atomic E-state index is 13.0. The summed E-state index contributed by atoms with van der Waals surface area (Å²) in [4.78, 5) is 17.5. The normalized spacial score (nSPS) is 10.8. The molecule has 0 atom stereocenters. The molecule has 6 heteroatoms. The van der Waals surface area contributed by atoms with E-state index in [0.717, 1.165) is 22.6 Å². The number of hydrogen-bond acceptors (Lipinski definition) is 3. The second-order valence-electron chi connectivity index (χ2n) is 7.11. The van der Waals surface area contributed by atoms with E-state index in [9.17, 15) is 4.79 Å². The predicted octanol–water partition coefficient (Wildman–Crippen LogP) is 5.38. The van der Waals surface area contributed by atoms with Gasteiger partial charge < -0.3 is 5.32 Å². The van der Waals surface area contributed by atoms with Crippen molar-refractivity contribution in [2.45, 2.75) is 20.3 Å². The fourth-order valence-electron chi connectivity index (χ4n) is 3.36. The van der Waals surface area contributed by atoms with Crippen LogP contribution in [-0.4, -0.2) is 20.7 Å². The number of carbonyl (C=O) groups excluding carboxylic acids is 1. The van der Waals surface area contributed by atoms with Gasteiger partial charge in [0.05, 0.1) is 10.7 Å².